The first-order chi connectivity index (χ1) is 5.88. The summed E-state index contributed by atoms with van der Waals surface area (Å²) in [6.07, 6.45) is 0. The number of nitrogens with two attached hydrogens (primary N) is 1. The molecule has 12 heavy (non-hydrogen) atoms. The monoisotopic (exact) mass is 161 g/mol. The molecule has 2 nitrogen and oxygen atoms in total. The van der Waals surface area contributed by atoms with Crippen molar-refractivity contribution in [2.45, 2.75) is 12.0 Å². The standard InChI is InChI=1S/C10H13N2/c11-10-7-12-6-9(10)8-4-2-1-3-5-8/h1-5,9-10H,6-7,11H2/t9-,10-/m1/s1. The van der Waals surface area contributed by atoms with Crippen LogP contribution in [-0.2, 0) is 0 Å². The van der Waals surface area contributed by atoms with Crippen molar-refractivity contribution in [2.24, 2.45) is 5.73 Å². The Morgan fingerprint density at radius 2 is 1.92 bits per heavy atom. The number of hydrogen-bond acceptors (Lipinski definition) is 1. The molecule has 0 aromatic heterocycles. The topological polar surface area (TPSA) is 40.1 Å². The maximum Gasteiger partial charge on any atom is 0.0292 e. The van der Waals surface area contributed by atoms with E-state index in [1.165, 1.54) is 5.56 Å². The van der Waals surface area contributed by atoms with E-state index in [-0.39, 0.29) is 6.04 Å². The van der Waals surface area contributed by atoms with Gasteiger partial charge in [-0.3, -0.25) is 0 Å². The second kappa shape index (κ2) is 3.25. The molecule has 0 saturated carbocycles. The Labute approximate surface area is 72.8 Å². The first kappa shape index (κ1) is 7.77. The lowest BCUT2D eigenvalue weighted by Crippen LogP contribution is -2.26. The Morgan fingerprint density at radius 1 is 1.17 bits per heavy atom. The fourth-order valence-corrected chi connectivity index (χ4v) is 1.68. The van der Waals surface area contributed by atoms with Crippen LogP contribution in [0.4, 0.5) is 0 Å². The van der Waals surface area contributed by atoms with Gasteiger partial charge in [0, 0.05) is 25.0 Å². The lowest BCUT2D eigenvalue weighted by molar-refractivity contribution is 0.653. The zero-order chi connectivity index (χ0) is 8.39. The van der Waals surface area contributed by atoms with Crippen LogP contribution in [0, 0.1) is 0 Å². The molecule has 63 valence electrons. The highest BCUT2D eigenvalue weighted by Crippen LogP contribution is 2.21. The molecule has 1 aliphatic heterocycles. The van der Waals surface area contributed by atoms with Gasteiger partial charge in [0.15, 0.2) is 0 Å². The summed E-state index contributed by atoms with van der Waals surface area (Å²) in [5.41, 5.74) is 7.24. The van der Waals surface area contributed by atoms with Crippen molar-refractivity contribution in [1.29, 1.82) is 0 Å². The zero-order valence-electron chi connectivity index (χ0n) is 6.98. The molecule has 1 aromatic rings. The molecule has 1 radical (unpaired) electrons. The SMILES string of the molecule is N[C@@H]1C[N]C[C@@H]1c1ccccc1. The first-order valence-electron chi connectivity index (χ1n) is 4.31. The van der Waals surface area contributed by atoms with Gasteiger partial charge < -0.3 is 5.73 Å². The van der Waals surface area contributed by atoms with E-state index < -0.39 is 0 Å². The Bertz CT molecular complexity index is 245. The van der Waals surface area contributed by atoms with Crippen LogP contribution in [0.15, 0.2) is 30.3 Å². The van der Waals surface area contributed by atoms with E-state index in [0.29, 0.717) is 5.92 Å². The summed E-state index contributed by atoms with van der Waals surface area (Å²) in [5, 5.41) is 4.30. The van der Waals surface area contributed by atoms with Gasteiger partial charge in [0.2, 0.25) is 0 Å². The summed E-state index contributed by atoms with van der Waals surface area (Å²) < 4.78 is 0. The average molecular weight is 161 g/mol. The predicted octanol–water partition coefficient (Wildman–Crippen LogP) is 0.715. The molecule has 1 aliphatic rings. The third-order valence-corrected chi connectivity index (χ3v) is 2.41. The number of rotatable bonds is 1. The van der Waals surface area contributed by atoms with Crippen molar-refractivity contribution < 1.29 is 0 Å². The Balaban J connectivity index is 2.19. The Kier molecular flexibility index (Phi) is 2.11. The van der Waals surface area contributed by atoms with Crippen LogP contribution in [0.5, 0.6) is 0 Å². The van der Waals surface area contributed by atoms with Crippen LogP contribution < -0.4 is 11.1 Å². The van der Waals surface area contributed by atoms with Crippen LogP contribution in [0.3, 0.4) is 0 Å². The minimum absolute atomic E-state index is 0.229. The molecule has 0 bridgehead atoms. The molecule has 2 rings (SSSR count). The van der Waals surface area contributed by atoms with Crippen LogP contribution in [0.1, 0.15) is 11.5 Å². The molecule has 2 heteroatoms. The van der Waals surface area contributed by atoms with Gasteiger partial charge in [0.1, 0.15) is 0 Å². The van der Waals surface area contributed by atoms with Crippen LogP contribution in [-0.4, -0.2) is 19.1 Å². The molecule has 0 unspecified atom stereocenters. The highest BCUT2D eigenvalue weighted by atomic mass is 15.0. The summed E-state index contributed by atoms with van der Waals surface area (Å²) in [4.78, 5) is 0. The van der Waals surface area contributed by atoms with Crippen molar-refractivity contribution in [2.75, 3.05) is 13.1 Å². The van der Waals surface area contributed by atoms with Crippen molar-refractivity contribution >= 4 is 0 Å². The van der Waals surface area contributed by atoms with Gasteiger partial charge in [0.05, 0.1) is 0 Å². The first-order valence-corrected chi connectivity index (χ1v) is 4.31. The van der Waals surface area contributed by atoms with Gasteiger partial charge in [0.25, 0.3) is 0 Å². The maximum absolute atomic E-state index is 5.92. The second-order valence-electron chi connectivity index (χ2n) is 3.27. The number of hydrogen-bond donors (Lipinski definition) is 1. The molecule has 1 saturated heterocycles. The van der Waals surface area contributed by atoms with Crippen molar-refractivity contribution in [3.05, 3.63) is 35.9 Å². The molecule has 0 spiro atoms. The van der Waals surface area contributed by atoms with E-state index in [0.717, 1.165) is 13.1 Å². The quantitative estimate of drug-likeness (QED) is 0.647. The molecule has 1 fully saturated rings. The van der Waals surface area contributed by atoms with Crippen molar-refractivity contribution in [3.63, 3.8) is 0 Å². The van der Waals surface area contributed by atoms with Crippen LogP contribution in [0.2, 0.25) is 0 Å². The summed E-state index contributed by atoms with van der Waals surface area (Å²) in [6, 6.07) is 10.6. The summed E-state index contributed by atoms with van der Waals surface area (Å²) in [5.74, 6) is 0.450. The maximum atomic E-state index is 5.92. The third kappa shape index (κ3) is 1.36. The molecular weight excluding hydrogens is 148 g/mol. The van der Waals surface area contributed by atoms with E-state index in [1.807, 2.05) is 6.07 Å². The summed E-state index contributed by atoms with van der Waals surface area (Å²) in [6.45, 7) is 1.71. The van der Waals surface area contributed by atoms with E-state index >= 15 is 0 Å². The minimum Gasteiger partial charge on any atom is -0.326 e. The van der Waals surface area contributed by atoms with Gasteiger partial charge in [-0.2, -0.15) is 0 Å². The van der Waals surface area contributed by atoms with Crippen molar-refractivity contribution in [3.8, 4) is 0 Å². The minimum atomic E-state index is 0.229. The Morgan fingerprint density at radius 3 is 2.50 bits per heavy atom. The van der Waals surface area contributed by atoms with Gasteiger partial charge in [-0.25, -0.2) is 5.32 Å². The predicted molar refractivity (Wildman–Crippen MR) is 49.0 cm³/mol. The van der Waals surface area contributed by atoms with Crippen LogP contribution >= 0.6 is 0 Å². The van der Waals surface area contributed by atoms with Crippen molar-refractivity contribution in [1.82, 2.24) is 5.32 Å². The van der Waals surface area contributed by atoms with E-state index in [9.17, 15) is 0 Å². The second-order valence-corrected chi connectivity index (χ2v) is 3.27. The Hall–Kier alpha value is -0.860. The fraction of sp³-hybridized carbons (Fsp3) is 0.400. The third-order valence-electron chi connectivity index (χ3n) is 2.41. The van der Waals surface area contributed by atoms with Gasteiger partial charge in [-0.1, -0.05) is 30.3 Å². The molecule has 1 aromatic carbocycles. The van der Waals surface area contributed by atoms with E-state index in [2.05, 4.69) is 29.6 Å². The lowest BCUT2D eigenvalue weighted by Gasteiger charge is -2.13. The smallest absolute Gasteiger partial charge is 0.0292 e. The molecule has 0 amide bonds. The van der Waals surface area contributed by atoms with Gasteiger partial charge >= 0.3 is 0 Å². The zero-order valence-corrected chi connectivity index (χ0v) is 6.98. The molecule has 1 heterocycles. The summed E-state index contributed by atoms with van der Waals surface area (Å²) >= 11 is 0. The lowest BCUT2D eigenvalue weighted by atomic mass is 9.95. The average Bonchev–Trinajstić information content (AvgIpc) is 2.53. The molecular formula is C10H13N2. The van der Waals surface area contributed by atoms with E-state index in [4.69, 9.17) is 5.73 Å². The van der Waals surface area contributed by atoms with Crippen LogP contribution in [0.25, 0.3) is 0 Å². The highest BCUT2D eigenvalue weighted by molar-refractivity contribution is 5.23. The summed E-state index contributed by atoms with van der Waals surface area (Å²) in [7, 11) is 0. The molecule has 0 aliphatic carbocycles. The largest absolute Gasteiger partial charge is 0.326 e. The molecule has 2 atom stereocenters. The normalized spacial score (nSPS) is 29.1. The highest BCUT2D eigenvalue weighted by Gasteiger charge is 2.25. The van der Waals surface area contributed by atoms with Gasteiger partial charge in [-0.05, 0) is 5.56 Å². The fourth-order valence-electron chi connectivity index (χ4n) is 1.68. The van der Waals surface area contributed by atoms with E-state index in [1.54, 1.807) is 0 Å². The number of nitrogens with zero attached hydrogens (tertiary/aromatic N) is 1. The molecule has 2 N–H and O–H groups in total. The van der Waals surface area contributed by atoms with Gasteiger partial charge in [-0.15, -0.1) is 0 Å². The number of benzene rings is 1.